The number of carboxylic acid groups (broad SMARTS) is 1. The van der Waals surface area contributed by atoms with Crippen molar-refractivity contribution in [1.82, 2.24) is 14.1 Å². The number of nitrogens with zero attached hydrogens (tertiary/aromatic N) is 4. The molecule has 0 spiro atoms. The number of carbonyl (C=O) groups is 2. The fourth-order valence-corrected chi connectivity index (χ4v) is 7.24. The van der Waals surface area contributed by atoms with E-state index in [0.717, 1.165) is 18.4 Å². The largest absolute Gasteiger partial charge is 0.465 e. The van der Waals surface area contributed by atoms with E-state index < -0.39 is 16.1 Å². The Morgan fingerprint density at radius 3 is 2.48 bits per heavy atom. The van der Waals surface area contributed by atoms with Crippen LogP contribution < -0.4 is 4.90 Å². The van der Waals surface area contributed by atoms with Gasteiger partial charge in [-0.3, -0.25) is 9.69 Å². The molecule has 0 aromatic heterocycles. The Morgan fingerprint density at radius 1 is 1.13 bits per heavy atom. The van der Waals surface area contributed by atoms with Crippen LogP contribution in [0.4, 0.5) is 10.5 Å². The van der Waals surface area contributed by atoms with E-state index in [1.165, 1.54) is 9.21 Å². The van der Waals surface area contributed by atoms with Gasteiger partial charge in [-0.1, -0.05) is 0 Å². The van der Waals surface area contributed by atoms with Crippen LogP contribution in [0, 0.1) is 0 Å². The van der Waals surface area contributed by atoms with Crippen molar-refractivity contribution >= 4 is 43.6 Å². The third-order valence-corrected chi connectivity index (χ3v) is 9.19. The number of halogens is 1. The van der Waals surface area contributed by atoms with Gasteiger partial charge in [-0.15, -0.1) is 0 Å². The molecule has 31 heavy (non-hydrogen) atoms. The predicted octanol–water partition coefficient (Wildman–Crippen LogP) is 1.81. The number of anilines is 1. The van der Waals surface area contributed by atoms with Crippen LogP contribution in [0.2, 0.25) is 0 Å². The van der Waals surface area contributed by atoms with Crippen LogP contribution in [0.25, 0.3) is 0 Å². The maximum atomic E-state index is 13.1. The number of hydrogen-bond donors (Lipinski definition) is 1. The normalized spacial score (nSPS) is 22.7. The number of fused-ring (bicyclic) bond motifs is 1. The molecular formula is C20H27BrN4O5S. The molecule has 3 aliphatic heterocycles. The summed E-state index contributed by atoms with van der Waals surface area (Å²) in [6, 6.07) is 3.26. The minimum Gasteiger partial charge on any atom is -0.465 e. The highest BCUT2D eigenvalue weighted by Crippen LogP contribution is 2.37. The fourth-order valence-electron chi connectivity index (χ4n) is 4.65. The number of carbonyl (C=O) groups excluding carboxylic acids is 1. The number of piperazine rings is 1. The highest BCUT2D eigenvalue weighted by atomic mass is 79.9. The first kappa shape index (κ1) is 22.5. The molecule has 1 aromatic carbocycles. The molecule has 170 valence electrons. The monoisotopic (exact) mass is 514 g/mol. The van der Waals surface area contributed by atoms with Crippen molar-refractivity contribution in [3.8, 4) is 0 Å². The first-order valence-electron chi connectivity index (χ1n) is 10.5. The lowest BCUT2D eigenvalue weighted by atomic mass is 10.2. The Kier molecular flexibility index (Phi) is 6.30. The standard InChI is InChI=1S/C20H27BrN4O5S/c1-14-12-22(8-9-24(14)20(27)28)13-19(26)25-7-4-15-10-16(21)18(11-17(15)25)31(29,30)23-5-2-3-6-23/h10-11,14H,2-9,12-13H2,1H3,(H,27,28)/t14-/m1/s1. The van der Waals surface area contributed by atoms with Gasteiger partial charge in [0, 0.05) is 55.5 Å². The Hall–Kier alpha value is -1.69. The van der Waals surface area contributed by atoms with Crippen LogP contribution in [0.3, 0.4) is 0 Å². The average molecular weight is 515 g/mol. The first-order chi connectivity index (χ1) is 14.7. The van der Waals surface area contributed by atoms with E-state index in [9.17, 15) is 23.1 Å². The van der Waals surface area contributed by atoms with E-state index in [2.05, 4.69) is 15.9 Å². The van der Waals surface area contributed by atoms with Gasteiger partial charge in [0.15, 0.2) is 0 Å². The van der Waals surface area contributed by atoms with Gasteiger partial charge in [-0.05, 0) is 59.8 Å². The Balaban J connectivity index is 1.51. The van der Waals surface area contributed by atoms with E-state index in [4.69, 9.17) is 0 Å². The molecule has 2 saturated heterocycles. The van der Waals surface area contributed by atoms with Crippen molar-refractivity contribution in [3.63, 3.8) is 0 Å². The van der Waals surface area contributed by atoms with Gasteiger partial charge in [0.25, 0.3) is 0 Å². The van der Waals surface area contributed by atoms with Crippen molar-refractivity contribution < 1.29 is 23.1 Å². The maximum Gasteiger partial charge on any atom is 0.407 e. The molecule has 0 aliphatic carbocycles. The molecule has 1 N–H and O–H groups in total. The molecule has 4 rings (SSSR count). The van der Waals surface area contributed by atoms with E-state index in [0.29, 0.717) is 55.8 Å². The molecule has 0 saturated carbocycles. The summed E-state index contributed by atoms with van der Waals surface area (Å²) in [5, 5.41) is 9.23. The molecule has 11 heteroatoms. The zero-order valence-corrected chi connectivity index (χ0v) is 19.9. The van der Waals surface area contributed by atoms with Crippen molar-refractivity contribution in [2.24, 2.45) is 0 Å². The topological polar surface area (TPSA) is 101 Å². The van der Waals surface area contributed by atoms with Crippen molar-refractivity contribution in [3.05, 3.63) is 22.2 Å². The van der Waals surface area contributed by atoms with Crippen LogP contribution in [0.15, 0.2) is 21.5 Å². The molecule has 2 amide bonds. The molecule has 1 aromatic rings. The van der Waals surface area contributed by atoms with Crippen LogP contribution in [-0.2, 0) is 21.2 Å². The number of rotatable bonds is 4. The lowest BCUT2D eigenvalue weighted by molar-refractivity contribution is -0.120. The minimum absolute atomic E-state index is 0.0958. The van der Waals surface area contributed by atoms with Crippen molar-refractivity contribution in [2.75, 3.05) is 50.7 Å². The lowest BCUT2D eigenvalue weighted by Crippen LogP contribution is -2.55. The first-order valence-corrected chi connectivity index (χ1v) is 12.8. The SMILES string of the molecule is C[C@@H]1CN(CC(=O)N2CCc3cc(Br)c(S(=O)(=O)N4CCCC4)cc32)CCN1C(=O)O. The summed E-state index contributed by atoms with van der Waals surface area (Å²) in [6.45, 7) is 4.93. The second kappa shape index (κ2) is 8.68. The Morgan fingerprint density at radius 2 is 1.84 bits per heavy atom. The quantitative estimate of drug-likeness (QED) is 0.657. The van der Waals surface area contributed by atoms with Gasteiger partial charge in [0.1, 0.15) is 0 Å². The van der Waals surface area contributed by atoms with E-state index in [1.54, 1.807) is 11.0 Å². The van der Waals surface area contributed by atoms with Gasteiger partial charge >= 0.3 is 6.09 Å². The fraction of sp³-hybridized carbons (Fsp3) is 0.600. The van der Waals surface area contributed by atoms with Crippen LogP contribution in [0.1, 0.15) is 25.3 Å². The summed E-state index contributed by atoms with van der Waals surface area (Å²) in [7, 11) is -3.61. The number of hydrogen-bond acceptors (Lipinski definition) is 5. The number of benzene rings is 1. The van der Waals surface area contributed by atoms with Gasteiger partial charge < -0.3 is 14.9 Å². The molecular weight excluding hydrogens is 488 g/mol. The average Bonchev–Trinajstić information content (AvgIpc) is 3.37. The molecule has 3 heterocycles. The lowest BCUT2D eigenvalue weighted by Gasteiger charge is -2.38. The van der Waals surface area contributed by atoms with Gasteiger partial charge in [0.05, 0.1) is 11.4 Å². The third-order valence-electron chi connectivity index (χ3n) is 6.33. The molecule has 3 aliphatic rings. The molecule has 0 bridgehead atoms. The smallest absolute Gasteiger partial charge is 0.407 e. The molecule has 2 fully saturated rings. The van der Waals surface area contributed by atoms with E-state index >= 15 is 0 Å². The van der Waals surface area contributed by atoms with Crippen molar-refractivity contribution in [1.29, 1.82) is 0 Å². The Labute approximate surface area is 190 Å². The van der Waals surface area contributed by atoms with E-state index in [-0.39, 0.29) is 23.4 Å². The minimum atomic E-state index is -3.61. The summed E-state index contributed by atoms with van der Waals surface area (Å²) in [5.74, 6) is -0.0958. The highest BCUT2D eigenvalue weighted by Gasteiger charge is 2.34. The van der Waals surface area contributed by atoms with Crippen LogP contribution in [0.5, 0.6) is 0 Å². The number of amides is 2. The predicted molar refractivity (Wildman–Crippen MR) is 119 cm³/mol. The third kappa shape index (κ3) is 4.33. The molecule has 0 radical (unpaired) electrons. The second-order valence-electron chi connectivity index (χ2n) is 8.38. The Bertz CT molecular complexity index is 996. The highest BCUT2D eigenvalue weighted by molar-refractivity contribution is 9.10. The van der Waals surface area contributed by atoms with Crippen LogP contribution >= 0.6 is 15.9 Å². The zero-order valence-electron chi connectivity index (χ0n) is 17.5. The molecule has 0 unspecified atom stereocenters. The summed E-state index contributed by atoms with van der Waals surface area (Å²) >= 11 is 3.42. The molecule has 1 atom stereocenters. The van der Waals surface area contributed by atoms with Gasteiger partial charge in [0.2, 0.25) is 15.9 Å². The summed E-state index contributed by atoms with van der Waals surface area (Å²) in [5.41, 5.74) is 1.60. The maximum absolute atomic E-state index is 13.1. The summed E-state index contributed by atoms with van der Waals surface area (Å²) in [4.78, 5) is 29.6. The zero-order chi connectivity index (χ0) is 22.3. The second-order valence-corrected chi connectivity index (χ2v) is 11.1. The van der Waals surface area contributed by atoms with Gasteiger partial charge in [-0.25, -0.2) is 13.2 Å². The van der Waals surface area contributed by atoms with Gasteiger partial charge in [-0.2, -0.15) is 4.31 Å². The van der Waals surface area contributed by atoms with Crippen molar-refractivity contribution in [2.45, 2.75) is 37.1 Å². The van der Waals surface area contributed by atoms with E-state index in [1.807, 2.05) is 17.9 Å². The molecule has 9 nitrogen and oxygen atoms in total. The number of sulfonamides is 1. The van der Waals surface area contributed by atoms with Crippen LogP contribution in [-0.4, -0.2) is 91.5 Å². The summed E-state index contributed by atoms with van der Waals surface area (Å²) < 4.78 is 28.2. The summed E-state index contributed by atoms with van der Waals surface area (Å²) in [6.07, 6.45) is 1.46.